The Morgan fingerprint density at radius 2 is 2.14 bits per heavy atom. The van der Waals surface area contributed by atoms with E-state index in [1.165, 1.54) is 12.5 Å². The first-order valence-corrected chi connectivity index (χ1v) is 7.36. The van der Waals surface area contributed by atoms with Crippen molar-refractivity contribution in [3.05, 3.63) is 41.5 Å². The van der Waals surface area contributed by atoms with E-state index in [-0.39, 0.29) is 11.9 Å². The van der Waals surface area contributed by atoms with Gasteiger partial charge in [-0.2, -0.15) is 0 Å². The van der Waals surface area contributed by atoms with Crippen molar-refractivity contribution in [2.24, 2.45) is 5.92 Å². The Labute approximate surface area is 124 Å². The number of carbonyl (C=O) groups is 2. The summed E-state index contributed by atoms with van der Waals surface area (Å²) in [5, 5.41) is 11.7. The van der Waals surface area contributed by atoms with E-state index in [4.69, 9.17) is 5.11 Å². The van der Waals surface area contributed by atoms with Crippen LogP contribution < -0.4 is 5.32 Å². The van der Waals surface area contributed by atoms with Crippen molar-refractivity contribution in [1.29, 1.82) is 0 Å². The molecule has 1 saturated carbocycles. The fourth-order valence-electron chi connectivity index (χ4n) is 2.79. The van der Waals surface area contributed by atoms with E-state index in [0.717, 1.165) is 25.3 Å². The molecule has 112 valence electrons. The third-order valence-electron chi connectivity index (χ3n) is 3.84. The molecule has 2 rings (SSSR count). The summed E-state index contributed by atoms with van der Waals surface area (Å²) in [6.45, 7) is 2.22. The largest absolute Gasteiger partial charge is 0.478 e. The lowest BCUT2D eigenvalue weighted by Crippen LogP contribution is -2.37. The fourth-order valence-corrected chi connectivity index (χ4v) is 2.79. The second-order valence-corrected chi connectivity index (χ2v) is 5.74. The van der Waals surface area contributed by atoms with Gasteiger partial charge in [-0.25, -0.2) is 4.79 Å². The van der Waals surface area contributed by atoms with Crippen LogP contribution in [0.25, 0.3) is 6.08 Å². The zero-order valence-corrected chi connectivity index (χ0v) is 12.2. The van der Waals surface area contributed by atoms with E-state index in [2.05, 4.69) is 12.2 Å². The molecular formula is C17H21NO3. The first-order chi connectivity index (χ1) is 10.0. The molecule has 0 heterocycles. The van der Waals surface area contributed by atoms with Crippen LogP contribution in [-0.2, 0) is 4.79 Å². The van der Waals surface area contributed by atoms with E-state index in [1.807, 2.05) is 0 Å². The molecule has 4 heteroatoms. The van der Waals surface area contributed by atoms with Gasteiger partial charge in [0.1, 0.15) is 0 Å². The van der Waals surface area contributed by atoms with Gasteiger partial charge in [0.2, 0.25) is 0 Å². The van der Waals surface area contributed by atoms with E-state index in [0.29, 0.717) is 17.0 Å². The molecule has 0 aliphatic heterocycles. The third kappa shape index (κ3) is 4.74. The summed E-state index contributed by atoms with van der Waals surface area (Å²) in [5.41, 5.74) is 1.28. The summed E-state index contributed by atoms with van der Waals surface area (Å²) in [7, 11) is 0. The average Bonchev–Trinajstić information content (AvgIpc) is 2.45. The number of rotatable bonds is 4. The Morgan fingerprint density at radius 1 is 1.33 bits per heavy atom. The predicted octanol–water partition coefficient (Wildman–Crippen LogP) is 3.09. The molecule has 1 aliphatic carbocycles. The molecule has 0 saturated heterocycles. The van der Waals surface area contributed by atoms with Crippen molar-refractivity contribution in [1.82, 2.24) is 5.32 Å². The highest BCUT2D eigenvalue weighted by Gasteiger charge is 2.20. The van der Waals surface area contributed by atoms with Crippen molar-refractivity contribution in [2.45, 2.75) is 38.6 Å². The van der Waals surface area contributed by atoms with Crippen LogP contribution in [0.1, 0.15) is 48.5 Å². The van der Waals surface area contributed by atoms with Crippen molar-refractivity contribution in [3.63, 3.8) is 0 Å². The zero-order valence-electron chi connectivity index (χ0n) is 12.2. The van der Waals surface area contributed by atoms with E-state index >= 15 is 0 Å². The molecule has 2 atom stereocenters. The van der Waals surface area contributed by atoms with Crippen LogP contribution in [0.3, 0.4) is 0 Å². The van der Waals surface area contributed by atoms with Gasteiger partial charge in [0.05, 0.1) is 0 Å². The summed E-state index contributed by atoms with van der Waals surface area (Å²) >= 11 is 0. The quantitative estimate of drug-likeness (QED) is 0.836. The molecule has 1 aliphatic rings. The number of carboxylic acids is 1. The summed E-state index contributed by atoms with van der Waals surface area (Å²) in [6.07, 6.45) is 7.02. The van der Waals surface area contributed by atoms with Crippen molar-refractivity contribution in [3.8, 4) is 0 Å². The molecular weight excluding hydrogens is 266 g/mol. The first kappa shape index (κ1) is 15.3. The number of carbonyl (C=O) groups excluding carboxylic acids is 1. The van der Waals surface area contributed by atoms with Gasteiger partial charge in [0.25, 0.3) is 5.91 Å². The van der Waals surface area contributed by atoms with Crippen molar-refractivity contribution in [2.75, 3.05) is 0 Å². The maximum atomic E-state index is 12.3. The fraction of sp³-hybridized carbons (Fsp3) is 0.412. The standard InChI is InChI=1S/C17H21NO3/c1-12-4-2-7-15(10-12)18-17(21)14-6-3-5-13(11-14)8-9-16(19)20/h3,5-6,8-9,11-12,15H,2,4,7,10H2,1H3,(H,18,21)(H,19,20). The van der Waals surface area contributed by atoms with Gasteiger partial charge < -0.3 is 10.4 Å². The Morgan fingerprint density at radius 3 is 2.86 bits per heavy atom. The number of hydrogen-bond acceptors (Lipinski definition) is 2. The molecule has 0 radical (unpaired) electrons. The number of hydrogen-bond donors (Lipinski definition) is 2. The molecule has 1 amide bonds. The Balaban J connectivity index is 2.02. The van der Waals surface area contributed by atoms with Gasteiger partial charge in [-0.3, -0.25) is 4.79 Å². The molecule has 1 fully saturated rings. The van der Waals surface area contributed by atoms with Crippen LogP contribution in [0.15, 0.2) is 30.3 Å². The molecule has 1 aromatic carbocycles. The molecule has 2 unspecified atom stereocenters. The third-order valence-corrected chi connectivity index (χ3v) is 3.84. The van der Waals surface area contributed by atoms with Crippen LogP contribution in [0.4, 0.5) is 0 Å². The minimum absolute atomic E-state index is 0.0836. The van der Waals surface area contributed by atoms with Gasteiger partial charge in [-0.05, 0) is 42.5 Å². The van der Waals surface area contributed by atoms with Gasteiger partial charge in [0, 0.05) is 17.7 Å². The molecule has 1 aromatic rings. The smallest absolute Gasteiger partial charge is 0.328 e. The highest BCUT2D eigenvalue weighted by atomic mass is 16.4. The summed E-state index contributed by atoms with van der Waals surface area (Å²) in [5.74, 6) is -0.422. The first-order valence-electron chi connectivity index (χ1n) is 7.36. The van der Waals surface area contributed by atoms with Crippen LogP contribution in [0.2, 0.25) is 0 Å². The molecule has 2 N–H and O–H groups in total. The van der Waals surface area contributed by atoms with Crippen molar-refractivity contribution >= 4 is 18.0 Å². The Hall–Kier alpha value is -2.10. The van der Waals surface area contributed by atoms with Crippen molar-refractivity contribution < 1.29 is 14.7 Å². The highest BCUT2D eigenvalue weighted by Crippen LogP contribution is 2.23. The topological polar surface area (TPSA) is 66.4 Å². The van der Waals surface area contributed by atoms with Crippen LogP contribution in [-0.4, -0.2) is 23.0 Å². The van der Waals surface area contributed by atoms with Crippen LogP contribution >= 0.6 is 0 Å². The normalized spacial score (nSPS) is 22.1. The number of aliphatic carboxylic acids is 1. The lowest BCUT2D eigenvalue weighted by Gasteiger charge is -2.27. The predicted molar refractivity (Wildman–Crippen MR) is 82.0 cm³/mol. The maximum Gasteiger partial charge on any atom is 0.328 e. The van der Waals surface area contributed by atoms with Crippen LogP contribution in [0.5, 0.6) is 0 Å². The summed E-state index contributed by atoms with van der Waals surface area (Å²) in [4.78, 5) is 22.8. The number of benzene rings is 1. The highest BCUT2D eigenvalue weighted by molar-refractivity contribution is 5.95. The Kier molecular flexibility index (Phi) is 5.14. The molecule has 0 aromatic heterocycles. The summed E-state index contributed by atoms with van der Waals surface area (Å²) < 4.78 is 0. The van der Waals surface area contributed by atoms with Gasteiger partial charge in [0.15, 0.2) is 0 Å². The zero-order chi connectivity index (χ0) is 15.2. The SMILES string of the molecule is CC1CCCC(NC(=O)c2cccc(C=CC(=O)O)c2)C1. The van der Waals surface area contributed by atoms with Gasteiger partial charge in [-0.1, -0.05) is 31.9 Å². The number of nitrogens with one attached hydrogen (secondary N) is 1. The summed E-state index contributed by atoms with van der Waals surface area (Å²) in [6, 6.07) is 7.25. The average molecular weight is 287 g/mol. The molecule has 4 nitrogen and oxygen atoms in total. The van der Waals surface area contributed by atoms with Gasteiger partial charge in [-0.15, -0.1) is 0 Å². The Bertz CT molecular complexity index is 551. The lowest BCUT2D eigenvalue weighted by molar-refractivity contribution is -0.131. The molecule has 21 heavy (non-hydrogen) atoms. The van der Waals surface area contributed by atoms with Gasteiger partial charge >= 0.3 is 5.97 Å². The minimum Gasteiger partial charge on any atom is -0.478 e. The molecule has 0 spiro atoms. The van der Waals surface area contributed by atoms with E-state index in [1.54, 1.807) is 24.3 Å². The second kappa shape index (κ2) is 7.07. The van der Waals surface area contributed by atoms with Crippen LogP contribution in [0, 0.1) is 5.92 Å². The monoisotopic (exact) mass is 287 g/mol. The lowest BCUT2D eigenvalue weighted by atomic mass is 9.87. The molecule has 0 bridgehead atoms. The van der Waals surface area contributed by atoms with E-state index < -0.39 is 5.97 Å². The minimum atomic E-state index is -0.999. The number of carboxylic acid groups (broad SMARTS) is 1. The second-order valence-electron chi connectivity index (χ2n) is 5.74. The number of amides is 1. The van der Waals surface area contributed by atoms with E-state index in [9.17, 15) is 9.59 Å². The maximum absolute atomic E-state index is 12.3.